The smallest absolute Gasteiger partial charge is 0.0702 e. The van der Waals surface area contributed by atoms with Crippen LogP contribution in [0.5, 0.6) is 0 Å². The molecule has 9 rings (SSSR count). The molecule has 1 nitrogen and oxygen atoms in total. The number of pyridine rings is 1. The average molecular weight is 532 g/mol. The van der Waals surface area contributed by atoms with E-state index in [0.29, 0.717) is 0 Å². The Morgan fingerprint density at radius 1 is 0.357 bits per heavy atom. The molecule has 0 spiro atoms. The number of nitrogens with zero attached hydrogens (tertiary/aromatic N) is 1. The molecular weight excluding hydrogens is 506 g/mol. The molecule has 42 heavy (non-hydrogen) atoms. The van der Waals surface area contributed by atoms with Crippen LogP contribution in [0.25, 0.3) is 88.1 Å². The van der Waals surface area contributed by atoms with Crippen LogP contribution in [0.4, 0.5) is 0 Å². The van der Waals surface area contributed by atoms with E-state index >= 15 is 0 Å². The lowest BCUT2D eigenvalue weighted by Gasteiger charge is -2.20. The van der Waals surface area contributed by atoms with Crippen molar-refractivity contribution in [1.82, 2.24) is 4.98 Å². The molecule has 0 N–H and O–H groups in total. The third kappa shape index (κ3) is 3.28. The predicted octanol–water partition coefficient (Wildman–Crippen LogP) is 11.2. The maximum Gasteiger partial charge on any atom is 0.0702 e. The van der Waals surface area contributed by atoms with Gasteiger partial charge in [0, 0.05) is 11.6 Å². The fourth-order valence-corrected chi connectivity index (χ4v) is 7.10. The van der Waals surface area contributed by atoms with Crippen molar-refractivity contribution in [3.63, 3.8) is 0 Å². The van der Waals surface area contributed by atoms with Gasteiger partial charge >= 0.3 is 0 Å². The minimum absolute atomic E-state index is 1.02. The van der Waals surface area contributed by atoms with Gasteiger partial charge in [0.05, 0.1) is 5.52 Å². The maximum absolute atomic E-state index is 4.55. The van der Waals surface area contributed by atoms with Crippen LogP contribution < -0.4 is 0 Å². The minimum Gasteiger partial charge on any atom is -0.256 e. The molecule has 7 aromatic carbocycles. The van der Waals surface area contributed by atoms with Crippen molar-refractivity contribution in [2.45, 2.75) is 0 Å². The van der Waals surface area contributed by atoms with E-state index in [1.807, 2.05) is 12.3 Å². The third-order valence-corrected chi connectivity index (χ3v) is 8.83. The van der Waals surface area contributed by atoms with Gasteiger partial charge in [0.25, 0.3) is 0 Å². The molecule has 0 unspecified atom stereocenters. The molecule has 1 aliphatic carbocycles. The Balaban J connectivity index is 1.44. The first-order valence-corrected chi connectivity index (χ1v) is 14.5. The van der Waals surface area contributed by atoms with Gasteiger partial charge in [-0.2, -0.15) is 0 Å². The van der Waals surface area contributed by atoms with E-state index in [-0.39, 0.29) is 0 Å². The van der Waals surface area contributed by atoms with Crippen LogP contribution in [0.15, 0.2) is 152 Å². The van der Waals surface area contributed by atoms with Crippen molar-refractivity contribution in [2.75, 3.05) is 0 Å². The molecule has 0 aliphatic heterocycles. The number of fused-ring (bicyclic) bond motifs is 5. The van der Waals surface area contributed by atoms with Crippen LogP contribution in [-0.4, -0.2) is 4.98 Å². The van der Waals surface area contributed by atoms with Crippen LogP contribution >= 0.6 is 0 Å². The molecule has 0 saturated carbocycles. The molecule has 1 heteroatoms. The van der Waals surface area contributed by atoms with Gasteiger partial charge in [0.1, 0.15) is 0 Å². The molecule has 194 valence electrons. The molecular formula is C41H25N. The summed E-state index contributed by atoms with van der Waals surface area (Å²) in [5, 5.41) is 6.35. The quantitative estimate of drug-likeness (QED) is 0.221. The van der Waals surface area contributed by atoms with E-state index < -0.39 is 0 Å². The zero-order valence-electron chi connectivity index (χ0n) is 22.9. The molecule has 8 aromatic rings. The Bertz CT molecular complexity index is 2240. The number of benzene rings is 7. The topological polar surface area (TPSA) is 12.9 Å². The normalized spacial score (nSPS) is 11.8. The van der Waals surface area contributed by atoms with Crippen LogP contribution in [0.3, 0.4) is 0 Å². The Morgan fingerprint density at radius 3 is 1.64 bits per heavy atom. The van der Waals surface area contributed by atoms with Crippen molar-refractivity contribution in [2.24, 2.45) is 0 Å². The van der Waals surface area contributed by atoms with Gasteiger partial charge in [-0.3, -0.25) is 4.98 Å². The molecule has 0 atom stereocenters. The average Bonchev–Trinajstić information content (AvgIpc) is 3.39. The summed E-state index contributed by atoms with van der Waals surface area (Å²) < 4.78 is 0. The lowest BCUT2D eigenvalue weighted by Crippen LogP contribution is -1.93. The zero-order valence-corrected chi connectivity index (χ0v) is 22.9. The fraction of sp³-hybridized carbons (Fsp3) is 0. The first kappa shape index (κ1) is 23.2. The van der Waals surface area contributed by atoms with Crippen molar-refractivity contribution < 1.29 is 0 Å². The van der Waals surface area contributed by atoms with Crippen molar-refractivity contribution in [1.29, 1.82) is 0 Å². The van der Waals surface area contributed by atoms with Crippen molar-refractivity contribution in [3.05, 3.63) is 152 Å². The second-order valence-electron chi connectivity index (χ2n) is 11.1. The Morgan fingerprint density at radius 2 is 0.952 bits per heavy atom. The summed E-state index contributed by atoms with van der Waals surface area (Å²) in [6.45, 7) is 0. The molecule has 1 aliphatic rings. The van der Waals surface area contributed by atoms with Crippen LogP contribution in [-0.2, 0) is 0 Å². The number of hydrogen-bond acceptors (Lipinski definition) is 1. The van der Waals surface area contributed by atoms with E-state index in [4.69, 9.17) is 0 Å². The van der Waals surface area contributed by atoms with E-state index in [1.54, 1.807) is 0 Å². The van der Waals surface area contributed by atoms with E-state index in [0.717, 1.165) is 10.9 Å². The number of hydrogen-bond donors (Lipinski definition) is 0. The summed E-state index contributed by atoms with van der Waals surface area (Å²) >= 11 is 0. The summed E-state index contributed by atoms with van der Waals surface area (Å²) in [5.41, 5.74) is 13.9. The maximum atomic E-state index is 4.55. The third-order valence-electron chi connectivity index (χ3n) is 8.83. The van der Waals surface area contributed by atoms with Gasteiger partial charge in [0.15, 0.2) is 0 Å². The zero-order chi connectivity index (χ0) is 27.6. The molecule has 0 radical (unpaired) electrons. The number of aromatic nitrogens is 1. The molecule has 0 fully saturated rings. The second-order valence-corrected chi connectivity index (χ2v) is 11.1. The second kappa shape index (κ2) is 8.99. The van der Waals surface area contributed by atoms with Gasteiger partial charge in [-0.05, 0) is 95.4 Å². The highest BCUT2D eigenvalue weighted by atomic mass is 14.6. The first-order valence-electron chi connectivity index (χ1n) is 14.5. The lowest BCUT2D eigenvalue weighted by atomic mass is 9.82. The highest BCUT2D eigenvalue weighted by Crippen LogP contribution is 2.58. The summed E-state index contributed by atoms with van der Waals surface area (Å²) in [4.78, 5) is 4.55. The SMILES string of the molecule is c1ccc(-c2c3c(c(-c4ccccc4)c4ccccc24)-c2ccc(-c4ccc5ncccc5c4)c4cccc-3c24)cc1. The fourth-order valence-electron chi connectivity index (χ4n) is 7.10. The summed E-state index contributed by atoms with van der Waals surface area (Å²) in [6, 6.07) is 53.0. The number of rotatable bonds is 3. The van der Waals surface area contributed by atoms with Crippen LogP contribution in [0, 0.1) is 0 Å². The highest BCUT2D eigenvalue weighted by Gasteiger charge is 2.31. The van der Waals surface area contributed by atoms with Crippen molar-refractivity contribution in [3.8, 4) is 55.6 Å². The summed E-state index contributed by atoms with van der Waals surface area (Å²) in [5.74, 6) is 0. The van der Waals surface area contributed by atoms with Gasteiger partial charge in [-0.1, -0.05) is 127 Å². The summed E-state index contributed by atoms with van der Waals surface area (Å²) in [6.07, 6.45) is 1.86. The Labute approximate surface area is 244 Å². The standard InChI is InChI=1S/C41H25N/c1-3-11-26(12-4-1)37-32-16-7-8-17-33(32)38(27-13-5-2-6-14-27)41-35-22-21-30(31-18-9-19-34(39(31)35)40(37)41)28-20-23-36-29(25-28)15-10-24-42-36/h1-25H. The minimum atomic E-state index is 1.02. The highest BCUT2D eigenvalue weighted by molar-refractivity contribution is 6.28. The van der Waals surface area contributed by atoms with Gasteiger partial charge in [0.2, 0.25) is 0 Å². The molecule has 0 saturated heterocycles. The molecule has 1 aromatic heterocycles. The molecule has 0 amide bonds. The molecule has 1 heterocycles. The van der Waals surface area contributed by atoms with Gasteiger partial charge in [-0.15, -0.1) is 0 Å². The first-order chi connectivity index (χ1) is 20.9. The van der Waals surface area contributed by atoms with E-state index in [1.165, 1.54) is 77.2 Å². The van der Waals surface area contributed by atoms with Crippen molar-refractivity contribution >= 4 is 32.4 Å². The molecule has 0 bridgehead atoms. The van der Waals surface area contributed by atoms with Crippen LogP contribution in [0.2, 0.25) is 0 Å². The van der Waals surface area contributed by atoms with Gasteiger partial charge in [-0.25, -0.2) is 0 Å². The monoisotopic (exact) mass is 531 g/mol. The van der Waals surface area contributed by atoms with E-state index in [2.05, 4.69) is 145 Å². The Hall–Kier alpha value is -5.53. The Kier molecular flexibility index (Phi) is 4.97. The predicted molar refractivity (Wildman–Crippen MR) is 177 cm³/mol. The van der Waals surface area contributed by atoms with Gasteiger partial charge < -0.3 is 0 Å². The lowest BCUT2D eigenvalue weighted by molar-refractivity contribution is 1.41. The largest absolute Gasteiger partial charge is 0.256 e. The van der Waals surface area contributed by atoms with Crippen LogP contribution in [0.1, 0.15) is 0 Å². The summed E-state index contributed by atoms with van der Waals surface area (Å²) in [7, 11) is 0. The van der Waals surface area contributed by atoms with E-state index in [9.17, 15) is 0 Å².